The van der Waals surface area contributed by atoms with Crippen molar-refractivity contribution in [2.45, 2.75) is 40.0 Å². The average Bonchev–Trinajstić information content (AvgIpc) is 2.85. The number of ether oxygens (including phenoxy) is 1. The highest BCUT2D eigenvalue weighted by atomic mass is 32.1. The van der Waals surface area contributed by atoms with E-state index in [0.29, 0.717) is 6.61 Å². The summed E-state index contributed by atoms with van der Waals surface area (Å²) < 4.78 is 5.67. The van der Waals surface area contributed by atoms with Crippen LogP contribution in [0.5, 0.6) is 5.75 Å². The molecule has 0 radical (unpaired) electrons. The lowest BCUT2D eigenvalue weighted by Crippen LogP contribution is -2.15. The van der Waals surface area contributed by atoms with E-state index in [1.165, 1.54) is 11.3 Å². The monoisotopic (exact) mass is 303 g/mol. The van der Waals surface area contributed by atoms with E-state index in [2.05, 4.69) is 20.8 Å². The fourth-order valence-electron chi connectivity index (χ4n) is 2.11. The lowest BCUT2D eigenvalue weighted by atomic mass is 9.90. The van der Waals surface area contributed by atoms with Crippen LogP contribution < -0.4 is 4.74 Å². The van der Waals surface area contributed by atoms with Gasteiger partial charge in [-0.15, -0.1) is 11.3 Å². The van der Waals surface area contributed by atoms with E-state index < -0.39 is 0 Å². The number of Topliss-reactive ketones (excluding diaryl/α,β-unsaturated/α-hetero) is 1. The minimum absolute atomic E-state index is 0.0672. The number of thiazole rings is 1. The number of carbonyl (C=O) groups is 1. The van der Waals surface area contributed by atoms with Crippen molar-refractivity contribution >= 4 is 17.1 Å². The van der Waals surface area contributed by atoms with Crippen molar-refractivity contribution in [3.63, 3.8) is 0 Å². The summed E-state index contributed by atoms with van der Waals surface area (Å²) in [6, 6.07) is 7.83. The first-order chi connectivity index (χ1) is 9.84. The summed E-state index contributed by atoms with van der Waals surface area (Å²) in [6.07, 6.45) is 0. The molecule has 2 aromatic rings. The molecule has 1 aromatic carbocycles. The van der Waals surface area contributed by atoms with Crippen molar-refractivity contribution in [2.24, 2.45) is 0 Å². The van der Waals surface area contributed by atoms with Gasteiger partial charge in [0.15, 0.2) is 5.78 Å². The van der Waals surface area contributed by atoms with Gasteiger partial charge in [0.05, 0.1) is 22.7 Å². The maximum atomic E-state index is 11.9. The van der Waals surface area contributed by atoms with E-state index in [9.17, 15) is 4.79 Å². The van der Waals surface area contributed by atoms with E-state index in [1.807, 2.05) is 31.2 Å². The first-order valence-corrected chi connectivity index (χ1v) is 7.90. The predicted molar refractivity (Wildman–Crippen MR) is 87.4 cm³/mol. The van der Waals surface area contributed by atoms with Gasteiger partial charge in [0.1, 0.15) is 10.8 Å². The molecule has 0 bridgehead atoms. The van der Waals surface area contributed by atoms with Gasteiger partial charge < -0.3 is 4.74 Å². The van der Waals surface area contributed by atoms with Gasteiger partial charge in [-0.25, -0.2) is 4.98 Å². The molecule has 0 amide bonds. The van der Waals surface area contributed by atoms with Crippen molar-refractivity contribution in [3.8, 4) is 16.3 Å². The lowest BCUT2D eigenvalue weighted by molar-refractivity contribution is 0.101. The Hall–Kier alpha value is -1.68. The van der Waals surface area contributed by atoms with E-state index in [4.69, 9.17) is 9.72 Å². The van der Waals surface area contributed by atoms with Crippen molar-refractivity contribution in [1.82, 2.24) is 4.98 Å². The highest BCUT2D eigenvalue weighted by Gasteiger charge is 2.26. The molecular formula is C17H21NO2S. The zero-order chi connectivity index (χ0) is 15.6. The Balaban J connectivity index is 2.58. The van der Waals surface area contributed by atoms with Crippen LogP contribution in [0.1, 0.15) is 50.0 Å². The Morgan fingerprint density at radius 2 is 1.95 bits per heavy atom. The van der Waals surface area contributed by atoms with Gasteiger partial charge in [0, 0.05) is 12.3 Å². The Morgan fingerprint density at radius 3 is 2.48 bits per heavy atom. The molecule has 0 N–H and O–H groups in total. The topological polar surface area (TPSA) is 39.2 Å². The molecule has 21 heavy (non-hydrogen) atoms. The molecule has 1 heterocycles. The Bertz CT molecular complexity index is 653. The largest absolute Gasteiger partial charge is 0.493 e. The van der Waals surface area contributed by atoms with Gasteiger partial charge >= 0.3 is 0 Å². The summed E-state index contributed by atoms with van der Waals surface area (Å²) in [5, 5.41) is 0.842. The third-order valence-corrected chi connectivity index (χ3v) is 4.26. The summed E-state index contributed by atoms with van der Waals surface area (Å²) in [7, 11) is 0. The third-order valence-electron chi connectivity index (χ3n) is 3.07. The summed E-state index contributed by atoms with van der Waals surface area (Å²) in [5.74, 6) is 0.877. The molecule has 0 aliphatic rings. The molecule has 0 aliphatic carbocycles. The molecule has 2 rings (SSSR count). The maximum absolute atomic E-state index is 11.9. The summed E-state index contributed by atoms with van der Waals surface area (Å²) in [6.45, 7) is 10.4. The fraction of sp³-hybridized carbons (Fsp3) is 0.412. The SMILES string of the molecule is CCOc1ccccc1-c1nc(C(C)(C)C)c(C(C)=O)s1. The second-order valence-corrected chi connectivity index (χ2v) is 6.93. The molecule has 0 atom stereocenters. The summed E-state index contributed by atoms with van der Waals surface area (Å²) in [4.78, 5) is 17.4. The maximum Gasteiger partial charge on any atom is 0.171 e. The molecule has 0 fully saturated rings. The molecule has 3 nitrogen and oxygen atoms in total. The Kier molecular flexibility index (Phi) is 4.47. The molecule has 0 saturated heterocycles. The first kappa shape index (κ1) is 15.7. The number of para-hydroxylation sites is 1. The van der Waals surface area contributed by atoms with Crippen LogP contribution in [0, 0.1) is 0 Å². The summed E-state index contributed by atoms with van der Waals surface area (Å²) in [5.41, 5.74) is 1.65. The van der Waals surface area contributed by atoms with Gasteiger partial charge in [-0.3, -0.25) is 4.79 Å². The van der Waals surface area contributed by atoms with Crippen LogP contribution in [0.15, 0.2) is 24.3 Å². The lowest BCUT2D eigenvalue weighted by Gasteiger charge is -2.16. The molecule has 4 heteroatoms. The second kappa shape index (κ2) is 5.98. The molecule has 0 unspecified atom stereocenters. The molecule has 1 aromatic heterocycles. The van der Waals surface area contributed by atoms with E-state index in [0.717, 1.165) is 26.9 Å². The summed E-state index contributed by atoms with van der Waals surface area (Å²) >= 11 is 1.45. The number of aromatic nitrogens is 1. The number of hydrogen-bond donors (Lipinski definition) is 0. The zero-order valence-corrected chi connectivity index (χ0v) is 14.0. The first-order valence-electron chi connectivity index (χ1n) is 7.09. The molecule has 0 spiro atoms. The van der Waals surface area contributed by atoms with Gasteiger partial charge in [-0.1, -0.05) is 32.9 Å². The predicted octanol–water partition coefficient (Wildman–Crippen LogP) is 4.71. The smallest absolute Gasteiger partial charge is 0.171 e. The van der Waals surface area contributed by atoms with Gasteiger partial charge in [-0.2, -0.15) is 0 Å². The van der Waals surface area contributed by atoms with Crippen molar-refractivity contribution in [3.05, 3.63) is 34.8 Å². The number of nitrogens with zero attached hydrogens (tertiary/aromatic N) is 1. The highest BCUT2D eigenvalue weighted by molar-refractivity contribution is 7.17. The van der Waals surface area contributed by atoms with Gasteiger partial charge in [0.2, 0.25) is 0 Å². The Labute approximate surface area is 130 Å². The number of rotatable bonds is 4. The third kappa shape index (κ3) is 3.32. The van der Waals surface area contributed by atoms with Crippen LogP contribution in [-0.2, 0) is 5.41 Å². The number of carbonyl (C=O) groups excluding carboxylic acids is 1. The van der Waals surface area contributed by atoms with Gasteiger partial charge in [0.25, 0.3) is 0 Å². The average molecular weight is 303 g/mol. The molecule has 0 saturated carbocycles. The van der Waals surface area contributed by atoms with E-state index in [-0.39, 0.29) is 11.2 Å². The molecule has 112 valence electrons. The molecular weight excluding hydrogens is 282 g/mol. The van der Waals surface area contributed by atoms with E-state index in [1.54, 1.807) is 6.92 Å². The van der Waals surface area contributed by atoms with Gasteiger partial charge in [-0.05, 0) is 19.1 Å². The Morgan fingerprint density at radius 1 is 1.29 bits per heavy atom. The quantitative estimate of drug-likeness (QED) is 0.768. The molecule has 0 aliphatic heterocycles. The van der Waals surface area contributed by atoms with Crippen molar-refractivity contribution < 1.29 is 9.53 Å². The minimum atomic E-state index is -0.156. The standard InChI is InChI=1S/C17H21NO2S/c1-6-20-13-10-8-7-9-12(13)16-18-15(17(3,4)5)14(21-16)11(2)19/h7-10H,6H2,1-5H3. The van der Waals surface area contributed by atoms with Crippen LogP contribution in [0.25, 0.3) is 10.6 Å². The minimum Gasteiger partial charge on any atom is -0.493 e. The van der Waals surface area contributed by atoms with Crippen molar-refractivity contribution in [1.29, 1.82) is 0 Å². The number of hydrogen-bond acceptors (Lipinski definition) is 4. The van der Waals surface area contributed by atoms with E-state index >= 15 is 0 Å². The normalized spacial score (nSPS) is 11.5. The number of benzene rings is 1. The zero-order valence-electron chi connectivity index (χ0n) is 13.2. The fourth-order valence-corrected chi connectivity index (χ4v) is 3.31. The number of ketones is 1. The second-order valence-electron chi connectivity index (χ2n) is 5.93. The van der Waals surface area contributed by atoms with Crippen LogP contribution in [0.3, 0.4) is 0 Å². The van der Waals surface area contributed by atoms with Crippen LogP contribution in [-0.4, -0.2) is 17.4 Å². The van der Waals surface area contributed by atoms with Crippen LogP contribution in [0.4, 0.5) is 0 Å². The highest BCUT2D eigenvalue weighted by Crippen LogP contribution is 2.38. The van der Waals surface area contributed by atoms with Crippen LogP contribution in [0.2, 0.25) is 0 Å². The van der Waals surface area contributed by atoms with Crippen molar-refractivity contribution in [2.75, 3.05) is 6.61 Å². The van der Waals surface area contributed by atoms with Crippen LogP contribution >= 0.6 is 11.3 Å².